The van der Waals surface area contributed by atoms with E-state index in [9.17, 15) is 0 Å². The molecule has 0 rings (SSSR count). The van der Waals surface area contributed by atoms with Crippen LogP contribution in [0, 0.1) is 0 Å². The van der Waals surface area contributed by atoms with Crippen LogP contribution in [0.3, 0.4) is 0 Å². The summed E-state index contributed by atoms with van der Waals surface area (Å²) in [5.74, 6) is 0. The summed E-state index contributed by atoms with van der Waals surface area (Å²) in [4.78, 5) is 7.19. The van der Waals surface area contributed by atoms with Gasteiger partial charge in [0.1, 0.15) is 0 Å². The first-order chi connectivity index (χ1) is 17.2. The van der Waals surface area contributed by atoms with Gasteiger partial charge < -0.3 is 0 Å². The van der Waals surface area contributed by atoms with Crippen LogP contribution in [0.4, 0.5) is 0 Å². The molecule has 0 bridgehead atoms. The molecule has 0 aromatic rings. The molecule has 0 fully saturated rings. The summed E-state index contributed by atoms with van der Waals surface area (Å²) in [5.41, 5.74) is 0. The van der Waals surface area contributed by atoms with Gasteiger partial charge in [0, 0.05) is 0 Å². The molecule has 3 nitrogen and oxygen atoms in total. The van der Waals surface area contributed by atoms with Crippen molar-refractivity contribution in [3.63, 3.8) is 0 Å². The predicted octanol–water partition coefficient (Wildman–Crippen LogP) is 3.94. The van der Waals surface area contributed by atoms with Gasteiger partial charge in [-0.15, -0.1) is 0 Å². The van der Waals surface area contributed by atoms with Crippen molar-refractivity contribution in [2.75, 3.05) is 39.3 Å². The van der Waals surface area contributed by atoms with Gasteiger partial charge in [0.05, 0.1) is 0 Å². The summed E-state index contributed by atoms with van der Waals surface area (Å²) in [7, 11) is 0. The predicted molar refractivity (Wildman–Crippen MR) is 174 cm³/mol. The Bertz CT molecular complexity index is 431. The Hall–Kier alpha value is 3.01. The summed E-state index contributed by atoms with van der Waals surface area (Å²) < 4.78 is 3.66. The van der Waals surface area contributed by atoms with Crippen LogP contribution in [0.1, 0.15) is 119 Å². The Kier molecular flexibility index (Phi) is 47.0. The molecule has 0 saturated heterocycles. The van der Waals surface area contributed by atoms with Gasteiger partial charge in [-0.1, -0.05) is 0 Å². The second-order valence-electron chi connectivity index (χ2n) is 8.88. The minimum atomic E-state index is 0. The fourth-order valence-electron chi connectivity index (χ4n) is 2.98. The Balaban J connectivity index is -0.000000218. The van der Waals surface area contributed by atoms with E-state index in [1.165, 1.54) is 127 Å². The van der Waals surface area contributed by atoms with Gasteiger partial charge in [0.2, 0.25) is 0 Å². The molecule has 0 aliphatic heterocycles. The third-order valence-electron chi connectivity index (χ3n) is 5.46. The van der Waals surface area contributed by atoms with E-state index in [-0.39, 0.29) is 26.2 Å². The molecule has 0 N–H and O–H groups in total. The molecular weight excluding hydrogens is 931 g/mol. The molecule has 37 heavy (non-hydrogen) atoms. The number of unbranched alkanes of at least 4 members (excludes halogenated alkanes) is 6. The van der Waals surface area contributed by atoms with Crippen LogP contribution in [0.25, 0.3) is 0 Å². The first-order valence-electron chi connectivity index (χ1n) is 14.0. The Morgan fingerprint density at radius 3 is 0.622 bits per heavy atom. The van der Waals surface area contributed by atoms with E-state index in [1.54, 1.807) is 0 Å². The average Bonchev–Trinajstić information content (AvgIpc) is 2.84. The van der Waals surface area contributed by atoms with E-state index in [0.29, 0.717) is 0 Å². The molecular formula is C27H54N3Se6Zr. The Morgan fingerprint density at radius 1 is 0.405 bits per heavy atom. The van der Waals surface area contributed by atoms with E-state index < -0.39 is 0 Å². The van der Waals surface area contributed by atoms with E-state index in [0.717, 1.165) is 0 Å². The monoisotopic (exact) mass is 990 g/mol. The van der Waals surface area contributed by atoms with Crippen LogP contribution < -0.4 is 0 Å². The number of hydrogen-bond donors (Lipinski definition) is 0. The molecule has 0 spiro atoms. The van der Waals surface area contributed by atoms with Crippen molar-refractivity contribution in [2.24, 2.45) is 0 Å². The van der Waals surface area contributed by atoms with Crippen LogP contribution in [0.5, 0.6) is 0 Å². The topological polar surface area (TPSA) is 9.72 Å². The molecule has 1 radical (unpaired) electrons. The number of hydrogen-bond acceptors (Lipinski definition) is 3. The summed E-state index contributed by atoms with van der Waals surface area (Å²) in [5, 5.41) is 0. The largest absolute Gasteiger partial charge is 3.00 e. The smallest absolute Gasteiger partial charge is 3.00 e. The van der Waals surface area contributed by atoms with Gasteiger partial charge in [-0.3, -0.25) is 0 Å². The first kappa shape index (κ1) is 47.0. The standard InChI is InChI=1S/3C9H19NSe2.Zr/c3*1-3-5-7-10(9(11)12)8-6-4-2;/h3*3-8H2,1-2H3,(H,11,12);/q;;;+3/p-3. The van der Waals surface area contributed by atoms with Gasteiger partial charge in [-0.05, 0) is 0 Å². The van der Waals surface area contributed by atoms with Crippen LogP contribution in [0.15, 0.2) is 0 Å². The van der Waals surface area contributed by atoms with Crippen LogP contribution in [-0.2, 0) is 26.2 Å². The van der Waals surface area contributed by atoms with Crippen LogP contribution in [0.2, 0.25) is 0 Å². The van der Waals surface area contributed by atoms with Gasteiger partial charge >= 0.3 is 304 Å². The number of rotatable bonds is 21. The molecule has 0 saturated carbocycles. The average molecular weight is 986 g/mol. The molecule has 0 aromatic heterocycles. The molecule has 0 amide bonds. The van der Waals surface area contributed by atoms with Gasteiger partial charge in [-0.25, -0.2) is 0 Å². The Labute approximate surface area is 300 Å². The molecule has 0 aliphatic rings. The maximum Gasteiger partial charge on any atom is 3.00 e. The van der Waals surface area contributed by atoms with Gasteiger partial charge in [0.15, 0.2) is 0 Å². The SMILES string of the molecule is CCCCN(CCCC)C(=[Se])[Se-].CCCCN(CCCC)C(=[Se])[Se-].CCCCN(CCCC)C(=[Se])[Se-].[Zr+3]. The van der Waals surface area contributed by atoms with E-state index in [4.69, 9.17) is 0 Å². The second kappa shape index (κ2) is 37.0. The molecule has 10 heteroatoms. The fourth-order valence-corrected chi connectivity index (χ4v) is 5.28. The second-order valence-corrected chi connectivity index (χ2v) is 17.7. The molecule has 217 valence electrons. The van der Waals surface area contributed by atoms with Crippen molar-refractivity contribution in [1.82, 2.24) is 14.7 Å². The van der Waals surface area contributed by atoms with E-state index in [1.807, 2.05) is 0 Å². The van der Waals surface area contributed by atoms with Gasteiger partial charge in [-0.2, -0.15) is 0 Å². The van der Waals surface area contributed by atoms with Gasteiger partial charge in [0.25, 0.3) is 0 Å². The van der Waals surface area contributed by atoms with Crippen molar-refractivity contribution in [2.45, 2.75) is 119 Å². The maximum atomic E-state index is 3.04. The molecule has 0 atom stereocenters. The van der Waals surface area contributed by atoms with Crippen LogP contribution >= 0.6 is 0 Å². The van der Waals surface area contributed by atoms with Crippen LogP contribution in [-0.4, -0.2) is 159 Å². The summed E-state index contributed by atoms with van der Waals surface area (Å²) in [6, 6.07) is 0. The van der Waals surface area contributed by atoms with Crippen molar-refractivity contribution in [3.05, 3.63) is 0 Å². The van der Waals surface area contributed by atoms with Crippen molar-refractivity contribution < 1.29 is 26.2 Å². The van der Waals surface area contributed by atoms with Crippen molar-refractivity contribution >= 4 is 105 Å². The molecule has 0 aromatic carbocycles. The quantitative estimate of drug-likeness (QED) is 0.162. The van der Waals surface area contributed by atoms with Crippen molar-refractivity contribution in [3.8, 4) is 0 Å². The summed E-state index contributed by atoms with van der Waals surface area (Å²) in [6.45, 7) is 20.5. The van der Waals surface area contributed by atoms with E-state index >= 15 is 0 Å². The van der Waals surface area contributed by atoms with Crippen molar-refractivity contribution in [1.29, 1.82) is 0 Å². The van der Waals surface area contributed by atoms with E-state index in [2.05, 4.69) is 151 Å². The first-order valence-corrected chi connectivity index (χ1v) is 19.2. The molecule has 0 aliphatic carbocycles. The zero-order chi connectivity index (χ0) is 28.2. The zero-order valence-electron chi connectivity index (χ0n) is 24.5. The fraction of sp³-hybridized carbons (Fsp3) is 0.889. The maximum absolute atomic E-state index is 3.04. The third kappa shape index (κ3) is 35.1. The molecule has 0 unspecified atom stereocenters. The number of nitrogens with zero attached hydrogens (tertiary/aromatic N) is 3. The minimum Gasteiger partial charge on any atom is 3.00 e. The Morgan fingerprint density at radius 2 is 0.541 bits per heavy atom. The summed E-state index contributed by atoms with van der Waals surface area (Å²) in [6.07, 6.45) is 15.4. The summed E-state index contributed by atoms with van der Waals surface area (Å²) >= 11 is 18.3. The minimum absolute atomic E-state index is 0. The zero-order valence-corrected chi connectivity index (χ0v) is 37.3. The normalized spacial score (nSPS) is 9.57. The molecule has 0 heterocycles. The third-order valence-corrected chi connectivity index (χ3v) is 8.71.